The lowest BCUT2D eigenvalue weighted by Gasteiger charge is -2.23. The van der Waals surface area contributed by atoms with E-state index in [4.69, 9.17) is 0 Å². The van der Waals surface area contributed by atoms with Crippen LogP contribution in [0.2, 0.25) is 0 Å². The van der Waals surface area contributed by atoms with Gasteiger partial charge in [0.1, 0.15) is 12.0 Å². The monoisotopic (exact) mass is 285 g/mol. The van der Waals surface area contributed by atoms with Crippen molar-refractivity contribution < 1.29 is 4.57 Å². The normalized spacial score (nSPS) is 12.5. The second kappa shape index (κ2) is 5.51. The summed E-state index contributed by atoms with van der Waals surface area (Å²) in [7, 11) is 0. The first-order chi connectivity index (χ1) is 9.68. The number of aryl methyl sites for hydroxylation is 1. The largest absolute Gasteiger partial charge is 0.286 e. The molecule has 21 heavy (non-hydrogen) atoms. The van der Waals surface area contributed by atoms with Gasteiger partial charge < -0.3 is 0 Å². The van der Waals surface area contributed by atoms with E-state index in [1.54, 1.807) is 0 Å². The molecule has 0 amide bonds. The summed E-state index contributed by atoms with van der Waals surface area (Å²) in [6.45, 7) is 13.8. The number of hydrogen-bond acceptors (Lipinski definition) is 3. The highest BCUT2D eigenvalue weighted by atomic mass is 15.0. The maximum atomic E-state index is 4.37. The molecule has 0 aliphatic rings. The molecule has 2 heterocycles. The molecule has 2 aromatic heterocycles. The van der Waals surface area contributed by atoms with E-state index >= 15 is 0 Å². The van der Waals surface area contributed by atoms with Crippen molar-refractivity contribution in [1.29, 1.82) is 0 Å². The summed E-state index contributed by atoms with van der Waals surface area (Å²) in [5, 5.41) is 0. The van der Waals surface area contributed by atoms with Gasteiger partial charge in [0.05, 0.1) is 12.7 Å². The molecule has 0 bridgehead atoms. The van der Waals surface area contributed by atoms with Gasteiger partial charge in [-0.2, -0.15) is 0 Å². The van der Waals surface area contributed by atoms with Crippen LogP contribution in [-0.2, 0) is 17.4 Å². The zero-order valence-electron chi connectivity index (χ0n) is 13.9. The number of hydrogen-bond donors (Lipinski definition) is 0. The highest BCUT2D eigenvalue weighted by Gasteiger charge is 2.26. The Balaban J connectivity index is 2.26. The Kier molecular flexibility index (Phi) is 4.08. The lowest BCUT2D eigenvalue weighted by atomic mass is 9.86. The lowest BCUT2D eigenvalue weighted by molar-refractivity contribution is -0.707. The van der Waals surface area contributed by atoms with Crippen LogP contribution in [0.15, 0.2) is 31.1 Å². The van der Waals surface area contributed by atoms with Crippen LogP contribution in [0, 0.1) is 6.92 Å². The standard InChI is InChI=1S/C17H25N4/c1-13-19-8-14(9-20-13)17(5,6)11-21-10-15(7-18-12-21)16(2,3)4/h7-10,12H,11H2,1-6H3/q+1. The molecule has 0 aromatic carbocycles. The van der Waals surface area contributed by atoms with Gasteiger partial charge in [0.25, 0.3) is 6.33 Å². The first kappa shape index (κ1) is 15.5. The summed E-state index contributed by atoms with van der Waals surface area (Å²) >= 11 is 0. The van der Waals surface area contributed by atoms with Crippen LogP contribution in [0.4, 0.5) is 0 Å². The van der Waals surface area contributed by atoms with Crippen molar-refractivity contribution >= 4 is 0 Å². The van der Waals surface area contributed by atoms with Crippen LogP contribution in [0.1, 0.15) is 51.6 Å². The first-order valence-corrected chi connectivity index (χ1v) is 7.32. The molecule has 0 aliphatic carbocycles. The fourth-order valence-electron chi connectivity index (χ4n) is 2.21. The van der Waals surface area contributed by atoms with Crippen molar-refractivity contribution in [2.24, 2.45) is 0 Å². The predicted molar refractivity (Wildman–Crippen MR) is 82.9 cm³/mol. The van der Waals surface area contributed by atoms with Crippen molar-refractivity contribution in [2.75, 3.05) is 0 Å². The van der Waals surface area contributed by atoms with Crippen molar-refractivity contribution in [3.05, 3.63) is 48.1 Å². The Hall–Kier alpha value is -1.84. The second-order valence-corrected chi connectivity index (χ2v) is 7.30. The Morgan fingerprint density at radius 2 is 1.57 bits per heavy atom. The van der Waals surface area contributed by atoms with E-state index in [1.807, 2.05) is 31.8 Å². The van der Waals surface area contributed by atoms with E-state index in [-0.39, 0.29) is 10.8 Å². The number of nitrogens with zero attached hydrogens (tertiary/aromatic N) is 4. The third-order valence-corrected chi connectivity index (χ3v) is 3.74. The lowest BCUT2D eigenvalue weighted by Crippen LogP contribution is -2.44. The molecular weight excluding hydrogens is 260 g/mol. The molecule has 2 aromatic rings. The SMILES string of the molecule is Cc1ncc(C(C)(C)C[n+]2cncc(C(C)(C)C)c2)cn1. The van der Waals surface area contributed by atoms with E-state index in [1.165, 1.54) is 5.56 Å². The van der Waals surface area contributed by atoms with Gasteiger partial charge in [0.15, 0.2) is 0 Å². The minimum atomic E-state index is -0.0451. The van der Waals surface area contributed by atoms with Crippen LogP contribution in [0.25, 0.3) is 0 Å². The Morgan fingerprint density at radius 1 is 0.952 bits per heavy atom. The summed E-state index contributed by atoms with van der Waals surface area (Å²) in [6, 6.07) is 0. The molecule has 4 heteroatoms. The molecule has 0 unspecified atom stereocenters. The van der Waals surface area contributed by atoms with Crippen molar-refractivity contribution in [3.63, 3.8) is 0 Å². The molecule has 0 saturated carbocycles. The van der Waals surface area contributed by atoms with Crippen LogP contribution in [0.3, 0.4) is 0 Å². The van der Waals surface area contributed by atoms with Gasteiger partial charge in [-0.1, -0.05) is 39.6 Å². The van der Waals surface area contributed by atoms with Gasteiger partial charge in [-0.05, 0) is 17.9 Å². The topological polar surface area (TPSA) is 42.5 Å². The summed E-state index contributed by atoms with van der Waals surface area (Å²) < 4.78 is 2.15. The summed E-state index contributed by atoms with van der Waals surface area (Å²) in [4.78, 5) is 13.0. The molecule has 0 atom stereocenters. The Morgan fingerprint density at radius 3 is 2.14 bits per heavy atom. The van der Waals surface area contributed by atoms with E-state index in [0.29, 0.717) is 0 Å². The van der Waals surface area contributed by atoms with Crippen LogP contribution < -0.4 is 4.57 Å². The number of aromatic nitrogens is 4. The summed E-state index contributed by atoms with van der Waals surface area (Å²) in [5.41, 5.74) is 2.44. The van der Waals surface area contributed by atoms with E-state index in [0.717, 1.165) is 17.9 Å². The highest BCUT2D eigenvalue weighted by molar-refractivity contribution is 5.16. The van der Waals surface area contributed by atoms with Gasteiger partial charge in [-0.15, -0.1) is 0 Å². The molecule has 0 N–H and O–H groups in total. The minimum absolute atomic E-state index is 0.0451. The zero-order valence-corrected chi connectivity index (χ0v) is 13.9. The second-order valence-electron chi connectivity index (χ2n) is 7.30. The third-order valence-electron chi connectivity index (χ3n) is 3.74. The maximum absolute atomic E-state index is 4.37. The molecule has 0 spiro atoms. The smallest absolute Gasteiger partial charge is 0.241 e. The van der Waals surface area contributed by atoms with Gasteiger partial charge in [-0.3, -0.25) is 0 Å². The fraction of sp³-hybridized carbons (Fsp3) is 0.529. The highest BCUT2D eigenvalue weighted by Crippen LogP contribution is 2.23. The third kappa shape index (κ3) is 3.84. The summed E-state index contributed by atoms with van der Waals surface area (Å²) in [5.74, 6) is 0.804. The van der Waals surface area contributed by atoms with Gasteiger partial charge in [0.2, 0.25) is 0 Å². The van der Waals surface area contributed by atoms with Crippen LogP contribution >= 0.6 is 0 Å². The Bertz CT molecular complexity index is 609. The fourth-order valence-corrected chi connectivity index (χ4v) is 2.21. The van der Waals surface area contributed by atoms with Gasteiger partial charge in [0, 0.05) is 23.4 Å². The van der Waals surface area contributed by atoms with Crippen molar-refractivity contribution in [2.45, 2.75) is 58.9 Å². The molecule has 0 saturated heterocycles. The minimum Gasteiger partial charge on any atom is -0.241 e. The van der Waals surface area contributed by atoms with Gasteiger partial charge in [-0.25, -0.2) is 14.5 Å². The molecule has 112 valence electrons. The average Bonchev–Trinajstić information content (AvgIpc) is 2.38. The summed E-state index contributed by atoms with van der Waals surface area (Å²) in [6.07, 6.45) is 9.85. The van der Waals surface area contributed by atoms with Crippen molar-refractivity contribution in [1.82, 2.24) is 15.0 Å². The average molecular weight is 285 g/mol. The van der Waals surface area contributed by atoms with E-state index < -0.39 is 0 Å². The van der Waals surface area contributed by atoms with Gasteiger partial charge >= 0.3 is 0 Å². The molecule has 0 aliphatic heterocycles. The molecule has 2 rings (SSSR count). The molecular formula is C17H25N4+. The molecule has 0 fully saturated rings. The molecule has 4 nitrogen and oxygen atoms in total. The van der Waals surface area contributed by atoms with E-state index in [2.05, 4.69) is 60.3 Å². The zero-order chi connectivity index (χ0) is 15.7. The first-order valence-electron chi connectivity index (χ1n) is 7.32. The maximum Gasteiger partial charge on any atom is 0.286 e. The quantitative estimate of drug-likeness (QED) is 0.814. The number of rotatable bonds is 3. The van der Waals surface area contributed by atoms with Crippen molar-refractivity contribution in [3.8, 4) is 0 Å². The molecule has 0 radical (unpaired) electrons. The van der Waals surface area contributed by atoms with Crippen LogP contribution in [0.5, 0.6) is 0 Å². The Labute approximate surface area is 127 Å². The van der Waals surface area contributed by atoms with E-state index in [9.17, 15) is 0 Å². The van der Waals surface area contributed by atoms with Crippen LogP contribution in [-0.4, -0.2) is 15.0 Å². The predicted octanol–water partition coefficient (Wildman–Crippen LogP) is 2.74.